The van der Waals surface area contributed by atoms with E-state index in [0.29, 0.717) is 0 Å². The van der Waals surface area contributed by atoms with Crippen molar-refractivity contribution in [1.82, 2.24) is 0 Å². The fraction of sp³-hybridized carbons (Fsp3) is 0.0159. The van der Waals surface area contributed by atoms with E-state index < -0.39 is 5.41 Å². The molecule has 0 radical (unpaired) electrons. The van der Waals surface area contributed by atoms with Gasteiger partial charge in [0.15, 0.2) is 0 Å². The molecule has 1 aliphatic carbocycles. The predicted molar refractivity (Wildman–Crippen MR) is 270 cm³/mol. The zero-order valence-electron chi connectivity index (χ0n) is 35.3. The summed E-state index contributed by atoms with van der Waals surface area (Å²) < 4.78 is 0. The average Bonchev–Trinajstić information content (AvgIpc) is 3.69. The number of hydrogen-bond donors (Lipinski definition) is 0. The van der Waals surface area contributed by atoms with Crippen LogP contribution >= 0.6 is 0 Å². The van der Waals surface area contributed by atoms with Crippen LogP contribution in [0.2, 0.25) is 0 Å². The fourth-order valence-electron chi connectivity index (χ4n) is 10.6. The van der Waals surface area contributed by atoms with E-state index in [0.717, 1.165) is 17.1 Å². The first-order chi connectivity index (χ1) is 31.8. The number of benzene rings is 11. The van der Waals surface area contributed by atoms with E-state index in [1.807, 2.05) is 0 Å². The van der Waals surface area contributed by atoms with E-state index in [2.05, 4.69) is 266 Å². The van der Waals surface area contributed by atoms with Crippen molar-refractivity contribution in [1.29, 1.82) is 0 Å². The van der Waals surface area contributed by atoms with Gasteiger partial charge in [-0.15, -0.1) is 0 Å². The molecule has 0 bridgehead atoms. The highest BCUT2D eigenvalue weighted by Gasteiger charge is 2.47. The lowest BCUT2D eigenvalue weighted by Gasteiger charge is -2.34. The van der Waals surface area contributed by atoms with E-state index >= 15 is 0 Å². The highest BCUT2D eigenvalue weighted by atomic mass is 15.1. The quantitative estimate of drug-likeness (QED) is 0.148. The Kier molecular flexibility index (Phi) is 9.13. The Balaban J connectivity index is 1.08. The maximum absolute atomic E-state index is 2.47. The summed E-state index contributed by atoms with van der Waals surface area (Å²) in [6.45, 7) is 0. The maximum atomic E-state index is 2.47. The van der Waals surface area contributed by atoms with E-state index in [-0.39, 0.29) is 0 Å². The molecule has 1 nitrogen and oxygen atoms in total. The van der Waals surface area contributed by atoms with Crippen LogP contribution in [-0.2, 0) is 5.41 Å². The fourth-order valence-corrected chi connectivity index (χ4v) is 10.6. The van der Waals surface area contributed by atoms with E-state index in [1.54, 1.807) is 0 Å². The normalized spacial score (nSPS) is 12.5. The minimum absolute atomic E-state index is 0.513. The molecule has 12 rings (SSSR count). The lowest BCUT2D eigenvalue weighted by molar-refractivity contribution is 0.768. The van der Waals surface area contributed by atoms with Crippen LogP contribution in [0.1, 0.15) is 22.3 Å². The molecule has 64 heavy (non-hydrogen) atoms. The summed E-state index contributed by atoms with van der Waals surface area (Å²) in [7, 11) is 0. The zero-order valence-corrected chi connectivity index (χ0v) is 35.3. The monoisotopic (exact) mass is 813 g/mol. The molecule has 0 heterocycles. The Labute approximate surface area is 374 Å². The Morgan fingerprint density at radius 3 is 1.44 bits per heavy atom. The second kappa shape index (κ2) is 15.6. The van der Waals surface area contributed by atoms with Gasteiger partial charge in [0.2, 0.25) is 0 Å². The van der Waals surface area contributed by atoms with Gasteiger partial charge in [0.1, 0.15) is 0 Å². The lowest BCUT2D eigenvalue weighted by atomic mass is 9.68. The minimum Gasteiger partial charge on any atom is -0.310 e. The van der Waals surface area contributed by atoms with E-state index in [9.17, 15) is 0 Å². The van der Waals surface area contributed by atoms with Crippen molar-refractivity contribution < 1.29 is 0 Å². The van der Waals surface area contributed by atoms with Crippen LogP contribution in [0.25, 0.3) is 66.1 Å². The Morgan fingerprint density at radius 1 is 0.266 bits per heavy atom. The molecule has 0 unspecified atom stereocenters. The topological polar surface area (TPSA) is 3.24 Å². The van der Waals surface area contributed by atoms with Crippen LogP contribution in [0.5, 0.6) is 0 Å². The summed E-state index contributed by atoms with van der Waals surface area (Å²) in [4.78, 5) is 2.47. The van der Waals surface area contributed by atoms with Gasteiger partial charge in [-0.25, -0.2) is 0 Å². The summed E-state index contributed by atoms with van der Waals surface area (Å²) in [5, 5.41) is 4.97. The summed E-state index contributed by atoms with van der Waals surface area (Å²) in [6.07, 6.45) is 0. The molecule has 0 aliphatic heterocycles. The molecule has 0 spiro atoms. The van der Waals surface area contributed by atoms with Crippen LogP contribution in [0, 0.1) is 0 Å². The van der Waals surface area contributed by atoms with E-state index in [1.165, 1.54) is 88.3 Å². The first-order valence-corrected chi connectivity index (χ1v) is 22.2. The Bertz CT molecular complexity index is 3420. The van der Waals surface area contributed by atoms with Crippen LogP contribution < -0.4 is 4.90 Å². The maximum Gasteiger partial charge on any atom is 0.0714 e. The van der Waals surface area contributed by atoms with Gasteiger partial charge in [0.05, 0.1) is 11.1 Å². The predicted octanol–water partition coefficient (Wildman–Crippen LogP) is 16.8. The number of anilines is 3. The first-order valence-electron chi connectivity index (χ1n) is 22.2. The summed E-state index contributed by atoms with van der Waals surface area (Å²) in [5.74, 6) is 0. The minimum atomic E-state index is -0.513. The molecule has 0 fully saturated rings. The molecule has 0 atom stereocenters. The third kappa shape index (κ3) is 6.01. The van der Waals surface area contributed by atoms with Crippen LogP contribution in [-0.4, -0.2) is 0 Å². The van der Waals surface area contributed by atoms with Gasteiger partial charge < -0.3 is 4.90 Å². The highest BCUT2D eigenvalue weighted by molar-refractivity contribution is 6.05. The van der Waals surface area contributed by atoms with Gasteiger partial charge in [-0.1, -0.05) is 231 Å². The van der Waals surface area contributed by atoms with Crippen molar-refractivity contribution in [2.45, 2.75) is 5.41 Å². The van der Waals surface area contributed by atoms with Crippen molar-refractivity contribution in [3.8, 4) is 44.5 Å². The molecule has 0 N–H and O–H groups in total. The van der Waals surface area contributed by atoms with Crippen molar-refractivity contribution >= 4 is 38.6 Å². The van der Waals surface area contributed by atoms with Crippen molar-refractivity contribution in [3.05, 3.63) is 283 Å². The van der Waals surface area contributed by atoms with Crippen LogP contribution in [0.15, 0.2) is 261 Å². The van der Waals surface area contributed by atoms with E-state index in [4.69, 9.17) is 0 Å². The number of hydrogen-bond acceptors (Lipinski definition) is 1. The van der Waals surface area contributed by atoms with Crippen LogP contribution in [0.3, 0.4) is 0 Å². The van der Waals surface area contributed by atoms with Gasteiger partial charge in [0.25, 0.3) is 0 Å². The van der Waals surface area contributed by atoms with Gasteiger partial charge in [-0.3, -0.25) is 0 Å². The molecule has 300 valence electrons. The average molecular weight is 814 g/mol. The standard InChI is InChI=1S/C63H43N/c1-4-18-45(19-5-1)56-43-38-46-21-11-13-28-55(46)61(56)48-36-41-52(42-37-48)64(51-39-34-47(35-40-51)54-30-16-22-44-20-10-12-27-53(44)54)60-33-17-32-59-62(60)57-29-14-15-31-58(57)63(59,49-23-6-2-7-24-49)50-25-8-3-9-26-50/h1-43H. The molecular weight excluding hydrogens is 771 g/mol. The molecule has 1 aliphatic rings. The Hall–Kier alpha value is -8.26. The second-order valence-corrected chi connectivity index (χ2v) is 16.8. The largest absolute Gasteiger partial charge is 0.310 e. The van der Waals surface area contributed by atoms with Gasteiger partial charge >= 0.3 is 0 Å². The van der Waals surface area contributed by atoms with Crippen molar-refractivity contribution in [2.24, 2.45) is 0 Å². The molecule has 11 aromatic rings. The summed E-state index contributed by atoms with van der Waals surface area (Å²) in [5.41, 5.74) is 17.7. The number of rotatable bonds is 8. The van der Waals surface area contributed by atoms with Crippen molar-refractivity contribution in [2.75, 3.05) is 4.90 Å². The van der Waals surface area contributed by atoms with Gasteiger partial charge in [-0.2, -0.15) is 0 Å². The van der Waals surface area contributed by atoms with Gasteiger partial charge in [0, 0.05) is 16.9 Å². The van der Waals surface area contributed by atoms with Crippen LogP contribution in [0.4, 0.5) is 17.1 Å². The van der Waals surface area contributed by atoms with Gasteiger partial charge in [-0.05, 0) is 113 Å². The summed E-state index contributed by atoms with van der Waals surface area (Å²) >= 11 is 0. The smallest absolute Gasteiger partial charge is 0.0714 e. The third-order valence-corrected chi connectivity index (χ3v) is 13.4. The number of nitrogens with zero attached hydrogens (tertiary/aromatic N) is 1. The SMILES string of the molecule is c1ccc(-c2ccc3ccccc3c2-c2ccc(N(c3ccc(-c4cccc5ccccc45)cc3)c3cccc4c3-c3ccccc3C4(c3ccccc3)c3ccccc3)cc2)cc1. The lowest BCUT2D eigenvalue weighted by Crippen LogP contribution is -2.28. The first kappa shape index (κ1) is 37.5. The molecule has 11 aromatic carbocycles. The molecule has 0 saturated carbocycles. The summed E-state index contributed by atoms with van der Waals surface area (Å²) in [6, 6.07) is 95.8. The van der Waals surface area contributed by atoms with Crippen molar-refractivity contribution in [3.63, 3.8) is 0 Å². The highest BCUT2D eigenvalue weighted by Crippen LogP contribution is 2.59. The Morgan fingerprint density at radius 2 is 0.750 bits per heavy atom. The third-order valence-electron chi connectivity index (χ3n) is 13.4. The number of fused-ring (bicyclic) bond motifs is 5. The second-order valence-electron chi connectivity index (χ2n) is 16.8. The molecule has 0 saturated heterocycles. The molecule has 1 heteroatoms. The molecule has 0 aromatic heterocycles. The molecule has 0 amide bonds. The molecular formula is C63H43N. The zero-order chi connectivity index (χ0) is 42.5.